The molecule has 1 saturated heterocycles. The molecule has 5 rings (SSSR count). The Bertz CT molecular complexity index is 1140. The van der Waals surface area contributed by atoms with Crippen molar-refractivity contribution in [1.29, 1.82) is 0 Å². The third-order valence-corrected chi connectivity index (χ3v) is 7.19. The number of para-hydroxylation sites is 2. The number of rotatable bonds is 6. The number of hydrogen-bond acceptors (Lipinski definition) is 6. The second kappa shape index (κ2) is 9.60. The summed E-state index contributed by atoms with van der Waals surface area (Å²) in [6.45, 7) is 7.18. The Morgan fingerprint density at radius 1 is 0.971 bits per heavy atom. The molecule has 2 aromatic rings. The number of benzene rings is 2. The van der Waals surface area contributed by atoms with E-state index in [1.807, 2.05) is 55.1 Å². The summed E-state index contributed by atoms with van der Waals surface area (Å²) in [6, 6.07) is 12.8. The molecule has 2 aromatic carbocycles. The third-order valence-electron chi connectivity index (χ3n) is 7.19. The first-order valence-corrected chi connectivity index (χ1v) is 12.4. The molecule has 0 spiro atoms. The van der Waals surface area contributed by atoms with Crippen LogP contribution in [0.3, 0.4) is 0 Å². The molecular weight excluding hydrogens is 446 g/mol. The first-order valence-electron chi connectivity index (χ1n) is 12.4. The molecule has 3 amide bonds. The summed E-state index contributed by atoms with van der Waals surface area (Å²) in [5, 5.41) is 0. The van der Waals surface area contributed by atoms with E-state index in [1.54, 1.807) is 6.07 Å². The SMILES string of the molecule is CCN(CC)C(=O)C1CCN(c2cccc3c2C(=O)N(C[C@@H]2COc4ccccc4O2)C3=O)CC1. The van der Waals surface area contributed by atoms with Gasteiger partial charge in [-0.3, -0.25) is 19.3 Å². The fourth-order valence-electron chi connectivity index (χ4n) is 5.26. The Hall–Kier alpha value is -3.55. The molecule has 0 unspecified atom stereocenters. The van der Waals surface area contributed by atoms with Gasteiger partial charge in [0.2, 0.25) is 5.91 Å². The van der Waals surface area contributed by atoms with E-state index in [1.165, 1.54) is 4.90 Å². The van der Waals surface area contributed by atoms with Crippen LogP contribution in [0.5, 0.6) is 11.5 Å². The number of imide groups is 1. The largest absolute Gasteiger partial charge is 0.486 e. The third kappa shape index (κ3) is 4.22. The van der Waals surface area contributed by atoms with Crippen LogP contribution in [0.15, 0.2) is 42.5 Å². The van der Waals surface area contributed by atoms with Gasteiger partial charge < -0.3 is 19.3 Å². The molecule has 0 aliphatic carbocycles. The highest BCUT2D eigenvalue weighted by atomic mass is 16.6. The van der Waals surface area contributed by atoms with Gasteiger partial charge in [0.25, 0.3) is 11.8 Å². The molecule has 35 heavy (non-hydrogen) atoms. The molecule has 3 aliphatic rings. The highest BCUT2D eigenvalue weighted by molar-refractivity contribution is 6.23. The summed E-state index contributed by atoms with van der Waals surface area (Å²) in [5.74, 6) is 0.884. The minimum Gasteiger partial charge on any atom is -0.486 e. The lowest BCUT2D eigenvalue weighted by molar-refractivity contribution is -0.135. The first kappa shape index (κ1) is 23.2. The van der Waals surface area contributed by atoms with Crippen LogP contribution in [0.2, 0.25) is 0 Å². The maximum Gasteiger partial charge on any atom is 0.263 e. The predicted molar refractivity (Wildman–Crippen MR) is 131 cm³/mol. The number of nitrogens with zero attached hydrogens (tertiary/aromatic N) is 3. The Morgan fingerprint density at radius 3 is 2.40 bits per heavy atom. The Morgan fingerprint density at radius 2 is 1.69 bits per heavy atom. The van der Waals surface area contributed by atoms with Gasteiger partial charge in [0.1, 0.15) is 6.61 Å². The average molecular weight is 478 g/mol. The molecule has 1 fully saturated rings. The van der Waals surface area contributed by atoms with Crippen LogP contribution in [-0.4, -0.2) is 73.0 Å². The van der Waals surface area contributed by atoms with Gasteiger partial charge in [-0.05, 0) is 51.0 Å². The Balaban J connectivity index is 1.29. The lowest BCUT2D eigenvalue weighted by atomic mass is 9.94. The highest BCUT2D eigenvalue weighted by Gasteiger charge is 2.41. The van der Waals surface area contributed by atoms with Crippen LogP contribution < -0.4 is 14.4 Å². The van der Waals surface area contributed by atoms with Gasteiger partial charge in [0.15, 0.2) is 17.6 Å². The van der Waals surface area contributed by atoms with Gasteiger partial charge in [-0.2, -0.15) is 0 Å². The van der Waals surface area contributed by atoms with Crippen molar-refractivity contribution < 1.29 is 23.9 Å². The van der Waals surface area contributed by atoms with Crippen LogP contribution in [0.4, 0.5) is 5.69 Å². The minimum atomic E-state index is -0.433. The summed E-state index contributed by atoms with van der Waals surface area (Å²) in [5.41, 5.74) is 1.64. The van der Waals surface area contributed by atoms with Crippen LogP contribution in [0.1, 0.15) is 47.4 Å². The van der Waals surface area contributed by atoms with Crippen molar-refractivity contribution in [1.82, 2.24) is 9.80 Å². The van der Waals surface area contributed by atoms with Gasteiger partial charge in [0.05, 0.1) is 23.4 Å². The molecule has 0 radical (unpaired) electrons. The maximum absolute atomic E-state index is 13.5. The van der Waals surface area contributed by atoms with E-state index in [4.69, 9.17) is 9.47 Å². The summed E-state index contributed by atoms with van der Waals surface area (Å²) < 4.78 is 11.8. The molecular formula is C27H31N3O5. The second-order valence-corrected chi connectivity index (χ2v) is 9.19. The number of hydrogen-bond donors (Lipinski definition) is 0. The van der Waals surface area contributed by atoms with Gasteiger partial charge in [-0.25, -0.2) is 0 Å². The lowest BCUT2D eigenvalue weighted by Crippen LogP contribution is -2.44. The van der Waals surface area contributed by atoms with Gasteiger partial charge in [-0.15, -0.1) is 0 Å². The smallest absolute Gasteiger partial charge is 0.263 e. The van der Waals surface area contributed by atoms with Gasteiger partial charge in [0, 0.05) is 32.1 Å². The molecule has 1 atom stereocenters. The standard InChI is InChI=1S/C27H31N3O5/c1-3-28(4-2)25(31)18-12-14-29(15-13-18)21-9-7-8-20-24(21)27(33)30(26(20)32)16-19-17-34-22-10-5-6-11-23(22)35-19/h5-11,18-19H,3-4,12-17H2,1-2H3/t19-/m1/s1. The minimum absolute atomic E-state index is 0.00284. The van der Waals surface area contributed by atoms with Crippen LogP contribution in [0, 0.1) is 5.92 Å². The summed E-state index contributed by atoms with van der Waals surface area (Å²) >= 11 is 0. The van der Waals surface area contributed by atoms with Crippen molar-refractivity contribution in [3.05, 3.63) is 53.6 Å². The molecule has 0 aromatic heterocycles. The van der Waals surface area contributed by atoms with Crippen molar-refractivity contribution in [2.45, 2.75) is 32.8 Å². The molecule has 184 valence electrons. The normalized spacial score (nSPS) is 19.7. The van der Waals surface area contributed by atoms with Gasteiger partial charge in [-0.1, -0.05) is 18.2 Å². The average Bonchev–Trinajstić information content (AvgIpc) is 3.14. The maximum atomic E-state index is 13.5. The molecule has 0 N–H and O–H groups in total. The predicted octanol–water partition coefficient (Wildman–Crippen LogP) is 3.21. The Kier molecular flexibility index (Phi) is 6.36. The quantitative estimate of drug-likeness (QED) is 0.595. The number of carbonyl (C=O) groups is 3. The van der Waals surface area contributed by atoms with E-state index in [2.05, 4.69) is 4.90 Å². The number of piperidine rings is 1. The molecule has 3 heterocycles. The number of carbonyl (C=O) groups excluding carboxylic acids is 3. The second-order valence-electron chi connectivity index (χ2n) is 9.19. The topological polar surface area (TPSA) is 79.4 Å². The summed E-state index contributed by atoms with van der Waals surface area (Å²) in [7, 11) is 0. The number of ether oxygens (including phenoxy) is 2. The molecule has 8 nitrogen and oxygen atoms in total. The van der Waals surface area contributed by atoms with Gasteiger partial charge >= 0.3 is 0 Å². The molecule has 8 heteroatoms. The van der Waals surface area contributed by atoms with Crippen molar-refractivity contribution in [3.63, 3.8) is 0 Å². The van der Waals surface area contributed by atoms with Crippen molar-refractivity contribution in [2.24, 2.45) is 5.92 Å². The lowest BCUT2D eigenvalue weighted by Gasteiger charge is -2.35. The molecule has 0 bridgehead atoms. The fraction of sp³-hybridized carbons (Fsp3) is 0.444. The highest BCUT2D eigenvalue weighted by Crippen LogP contribution is 2.36. The van der Waals surface area contributed by atoms with E-state index in [0.717, 1.165) is 31.6 Å². The fourth-order valence-corrected chi connectivity index (χ4v) is 5.26. The summed E-state index contributed by atoms with van der Waals surface area (Å²) in [6.07, 6.45) is 1.03. The first-order chi connectivity index (χ1) is 17.0. The van der Waals surface area contributed by atoms with E-state index >= 15 is 0 Å². The monoisotopic (exact) mass is 477 g/mol. The number of anilines is 1. The van der Waals surface area contributed by atoms with Crippen LogP contribution in [-0.2, 0) is 4.79 Å². The van der Waals surface area contributed by atoms with Crippen molar-refractivity contribution >= 4 is 23.4 Å². The van der Waals surface area contributed by atoms with Crippen molar-refractivity contribution in [2.75, 3.05) is 44.2 Å². The Labute approximate surface area is 205 Å². The van der Waals surface area contributed by atoms with E-state index in [0.29, 0.717) is 35.7 Å². The summed E-state index contributed by atoms with van der Waals surface area (Å²) in [4.78, 5) is 44.7. The number of amides is 3. The zero-order chi connectivity index (χ0) is 24.5. The number of fused-ring (bicyclic) bond motifs is 2. The van der Waals surface area contributed by atoms with E-state index < -0.39 is 6.10 Å². The van der Waals surface area contributed by atoms with Crippen LogP contribution in [0.25, 0.3) is 0 Å². The molecule has 3 aliphatic heterocycles. The van der Waals surface area contributed by atoms with Crippen LogP contribution >= 0.6 is 0 Å². The zero-order valence-corrected chi connectivity index (χ0v) is 20.2. The molecule has 0 saturated carbocycles. The zero-order valence-electron chi connectivity index (χ0n) is 20.2. The van der Waals surface area contributed by atoms with E-state index in [-0.39, 0.29) is 36.8 Å². The van der Waals surface area contributed by atoms with E-state index in [9.17, 15) is 14.4 Å². The van der Waals surface area contributed by atoms with Crippen molar-refractivity contribution in [3.8, 4) is 11.5 Å².